The van der Waals surface area contributed by atoms with Gasteiger partial charge in [-0.1, -0.05) is 24.3 Å². The van der Waals surface area contributed by atoms with Crippen LogP contribution in [0.1, 0.15) is 28.8 Å². The third kappa shape index (κ3) is 5.14. The van der Waals surface area contributed by atoms with Crippen LogP contribution >= 0.6 is 11.3 Å². The Kier molecular flexibility index (Phi) is 6.24. The van der Waals surface area contributed by atoms with Crippen molar-refractivity contribution in [2.75, 3.05) is 25.0 Å². The number of rotatable bonds is 7. The number of quaternary nitrogens is 1. The second-order valence-electron chi connectivity index (χ2n) is 6.84. The highest BCUT2D eigenvalue weighted by molar-refractivity contribution is 7.09. The standard InChI is InChI=1S/C20H26N2O2S/c1-15-6-3-7-16(2)20(15)21-19(23)14-22(12-17-8-4-10-24-17)13-18-9-5-11-25-18/h3,5-7,9,11,17H,4,8,10,12-14H2,1-2H3,(H,21,23)/p+1/t17-/m1/s1. The molecule has 0 radical (unpaired) electrons. The zero-order chi connectivity index (χ0) is 17.6. The highest BCUT2D eigenvalue weighted by Gasteiger charge is 2.24. The number of hydrogen-bond acceptors (Lipinski definition) is 3. The lowest BCUT2D eigenvalue weighted by molar-refractivity contribution is -0.908. The first-order chi connectivity index (χ1) is 12.1. The maximum absolute atomic E-state index is 12.7. The smallest absolute Gasteiger partial charge is 0.279 e. The quantitative estimate of drug-likeness (QED) is 0.798. The number of ether oxygens (including phenoxy) is 1. The van der Waals surface area contributed by atoms with Crippen LogP contribution in [0.15, 0.2) is 35.7 Å². The van der Waals surface area contributed by atoms with Gasteiger partial charge >= 0.3 is 0 Å². The van der Waals surface area contributed by atoms with Gasteiger partial charge in [-0.25, -0.2) is 0 Å². The number of carbonyl (C=O) groups excluding carboxylic acids is 1. The van der Waals surface area contributed by atoms with E-state index in [0.717, 1.165) is 49.4 Å². The van der Waals surface area contributed by atoms with Gasteiger partial charge in [0.15, 0.2) is 6.54 Å². The molecule has 0 saturated carbocycles. The van der Waals surface area contributed by atoms with Gasteiger partial charge in [0.25, 0.3) is 5.91 Å². The first-order valence-electron chi connectivity index (χ1n) is 8.95. The lowest BCUT2D eigenvalue weighted by Crippen LogP contribution is -3.12. The monoisotopic (exact) mass is 359 g/mol. The topological polar surface area (TPSA) is 42.8 Å². The highest BCUT2D eigenvalue weighted by Crippen LogP contribution is 2.19. The molecule has 1 aliphatic rings. The number of anilines is 1. The number of amides is 1. The van der Waals surface area contributed by atoms with Crippen molar-refractivity contribution < 1.29 is 14.4 Å². The van der Waals surface area contributed by atoms with Crippen molar-refractivity contribution in [1.29, 1.82) is 0 Å². The minimum Gasteiger partial charge on any atom is -0.372 e. The predicted octanol–water partition coefficient (Wildman–Crippen LogP) is 2.57. The summed E-state index contributed by atoms with van der Waals surface area (Å²) in [4.78, 5) is 15.2. The Hall–Kier alpha value is -1.69. The lowest BCUT2D eigenvalue weighted by atomic mass is 10.1. The van der Waals surface area contributed by atoms with Crippen molar-refractivity contribution in [3.05, 3.63) is 51.7 Å². The van der Waals surface area contributed by atoms with Crippen LogP contribution in [0.25, 0.3) is 0 Å². The zero-order valence-corrected chi connectivity index (χ0v) is 15.8. The minimum absolute atomic E-state index is 0.0713. The maximum Gasteiger partial charge on any atom is 0.279 e. The first-order valence-corrected chi connectivity index (χ1v) is 9.83. The molecule has 5 heteroatoms. The van der Waals surface area contributed by atoms with Gasteiger partial charge in [-0.3, -0.25) is 4.79 Å². The lowest BCUT2D eigenvalue weighted by Gasteiger charge is -2.22. The van der Waals surface area contributed by atoms with E-state index in [0.29, 0.717) is 6.54 Å². The molecule has 1 fully saturated rings. The van der Waals surface area contributed by atoms with Gasteiger partial charge in [0.05, 0.1) is 4.88 Å². The SMILES string of the molecule is Cc1cccc(C)c1NC(=O)C[NH+](Cc1cccs1)C[C@H]1CCCO1. The Balaban J connectivity index is 1.64. The molecule has 1 amide bonds. The van der Waals surface area contributed by atoms with E-state index in [2.05, 4.69) is 22.8 Å². The van der Waals surface area contributed by atoms with Crippen molar-refractivity contribution in [2.24, 2.45) is 0 Å². The molecule has 1 aliphatic heterocycles. The van der Waals surface area contributed by atoms with Gasteiger partial charge in [0.2, 0.25) is 0 Å². The van der Waals surface area contributed by atoms with Crippen molar-refractivity contribution in [3.63, 3.8) is 0 Å². The molecular formula is C20H27N2O2S+. The second kappa shape index (κ2) is 8.61. The van der Waals surface area contributed by atoms with Crippen molar-refractivity contribution in [1.82, 2.24) is 0 Å². The number of thiophene rings is 1. The van der Waals surface area contributed by atoms with Crippen LogP contribution in [-0.4, -0.2) is 31.7 Å². The molecule has 1 aromatic heterocycles. The van der Waals surface area contributed by atoms with Crippen molar-refractivity contribution in [2.45, 2.75) is 39.3 Å². The molecule has 4 nitrogen and oxygen atoms in total. The van der Waals surface area contributed by atoms with E-state index in [-0.39, 0.29) is 12.0 Å². The van der Waals surface area contributed by atoms with Gasteiger partial charge in [-0.15, -0.1) is 11.3 Å². The number of hydrogen-bond donors (Lipinski definition) is 2. The van der Waals surface area contributed by atoms with Crippen LogP contribution in [0.4, 0.5) is 5.69 Å². The van der Waals surface area contributed by atoms with E-state index in [1.54, 1.807) is 11.3 Å². The molecule has 1 unspecified atom stereocenters. The molecule has 25 heavy (non-hydrogen) atoms. The summed E-state index contributed by atoms with van der Waals surface area (Å²) in [5.41, 5.74) is 3.15. The fourth-order valence-corrected chi connectivity index (χ4v) is 4.19. The molecule has 0 spiro atoms. The van der Waals surface area contributed by atoms with Gasteiger partial charge in [0, 0.05) is 12.3 Å². The summed E-state index contributed by atoms with van der Waals surface area (Å²) in [5, 5.41) is 5.21. The molecule has 2 heterocycles. The number of aryl methyl sites for hydroxylation is 2. The Morgan fingerprint density at radius 2 is 2.08 bits per heavy atom. The van der Waals surface area contributed by atoms with E-state index < -0.39 is 0 Å². The maximum atomic E-state index is 12.7. The summed E-state index contributed by atoms with van der Waals surface area (Å²) >= 11 is 1.75. The Labute approximate surface area is 153 Å². The summed E-state index contributed by atoms with van der Waals surface area (Å²) in [7, 11) is 0. The van der Waals surface area contributed by atoms with E-state index in [9.17, 15) is 4.79 Å². The molecule has 1 aromatic carbocycles. The fraction of sp³-hybridized carbons (Fsp3) is 0.450. The van der Waals surface area contributed by atoms with Crippen LogP contribution in [-0.2, 0) is 16.1 Å². The summed E-state index contributed by atoms with van der Waals surface area (Å²) in [6.45, 7) is 7.14. The fourth-order valence-electron chi connectivity index (χ4n) is 3.42. The zero-order valence-electron chi connectivity index (χ0n) is 15.0. The largest absolute Gasteiger partial charge is 0.372 e. The third-order valence-corrected chi connectivity index (χ3v) is 5.58. The summed E-state index contributed by atoms with van der Waals surface area (Å²) < 4.78 is 5.79. The van der Waals surface area contributed by atoms with E-state index in [1.165, 1.54) is 9.78 Å². The van der Waals surface area contributed by atoms with Gasteiger partial charge < -0.3 is 15.0 Å². The predicted molar refractivity (Wildman–Crippen MR) is 102 cm³/mol. The van der Waals surface area contributed by atoms with Crippen molar-refractivity contribution in [3.8, 4) is 0 Å². The molecule has 3 rings (SSSR count). The second-order valence-corrected chi connectivity index (χ2v) is 7.87. The van der Waals surface area contributed by atoms with Crippen LogP contribution in [0.5, 0.6) is 0 Å². The summed E-state index contributed by atoms with van der Waals surface area (Å²) in [5.74, 6) is 0.0713. The van der Waals surface area contributed by atoms with Gasteiger partial charge in [-0.05, 0) is 49.3 Å². The average molecular weight is 360 g/mol. The number of carbonyl (C=O) groups is 1. The molecule has 0 aliphatic carbocycles. The Morgan fingerprint density at radius 3 is 2.72 bits per heavy atom. The number of nitrogens with one attached hydrogen (secondary N) is 2. The molecular weight excluding hydrogens is 332 g/mol. The van der Waals surface area contributed by atoms with Crippen LogP contribution in [0.2, 0.25) is 0 Å². The number of benzene rings is 1. The summed E-state index contributed by atoms with van der Waals surface area (Å²) in [6.07, 6.45) is 2.51. The highest BCUT2D eigenvalue weighted by atomic mass is 32.1. The number of para-hydroxylation sites is 1. The van der Waals surface area contributed by atoms with E-state index in [1.807, 2.05) is 32.0 Å². The Bertz CT molecular complexity index is 673. The third-order valence-electron chi connectivity index (χ3n) is 4.70. The summed E-state index contributed by atoms with van der Waals surface area (Å²) in [6, 6.07) is 10.3. The average Bonchev–Trinajstić information content (AvgIpc) is 3.25. The van der Waals surface area contributed by atoms with Gasteiger partial charge in [-0.2, -0.15) is 0 Å². The molecule has 1 saturated heterocycles. The van der Waals surface area contributed by atoms with E-state index in [4.69, 9.17) is 4.74 Å². The van der Waals surface area contributed by atoms with Crippen LogP contribution < -0.4 is 10.2 Å². The normalized spacial score (nSPS) is 18.2. The first kappa shape index (κ1) is 18.1. The molecule has 2 N–H and O–H groups in total. The van der Waals surface area contributed by atoms with Crippen LogP contribution in [0, 0.1) is 13.8 Å². The Morgan fingerprint density at radius 1 is 1.28 bits per heavy atom. The van der Waals surface area contributed by atoms with Crippen molar-refractivity contribution >= 4 is 22.9 Å². The van der Waals surface area contributed by atoms with Crippen LogP contribution in [0.3, 0.4) is 0 Å². The molecule has 134 valence electrons. The molecule has 2 atom stereocenters. The molecule has 2 aromatic rings. The van der Waals surface area contributed by atoms with Gasteiger partial charge in [0.1, 0.15) is 19.2 Å². The molecule has 0 bridgehead atoms. The van der Waals surface area contributed by atoms with E-state index >= 15 is 0 Å². The minimum atomic E-state index is 0.0713.